The molecule has 0 aliphatic rings. The van der Waals surface area contributed by atoms with Gasteiger partial charge in [-0.15, -0.1) is 0 Å². The number of carbonyl (C=O) groups excluding carboxylic acids is 1. The summed E-state index contributed by atoms with van der Waals surface area (Å²) in [6, 6.07) is 1.82. The number of pyridine rings is 1. The summed E-state index contributed by atoms with van der Waals surface area (Å²) in [5.74, 6) is -0.704. The smallest absolute Gasteiger partial charge is 0.303 e. The fraction of sp³-hybridized carbons (Fsp3) is 0.579. The Morgan fingerprint density at radius 3 is 2.58 bits per heavy atom. The van der Waals surface area contributed by atoms with Crippen molar-refractivity contribution in [2.75, 3.05) is 6.54 Å². The van der Waals surface area contributed by atoms with Gasteiger partial charge in [0.2, 0.25) is 0 Å². The van der Waals surface area contributed by atoms with Gasteiger partial charge in [-0.3, -0.25) is 9.59 Å². The first-order valence-corrected chi connectivity index (χ1v) is 9.17. The number of nitrogens with zero attached hydrogens (tertiary/aromatic N) is 2. The average molecular weight is 361 g/mol. The monoisotopic (exact) mass is 361 g/mol. The highest BCUT2D eigenvalue weighted by Gasteiger charge is 2.19. The Bertz CT molecular complexity index is 767. The van der Waals surface area contributed by atoms with Crippen LogP contribution in [-0.2, 0) is 4.79 Å². The molecule has 0 bridgehead atoms. The van der Waals surface area contributed by atoms with E-state index in [1.54, 1.807) is 6.92 Å². The van der Waals surface area contributed by atoms with Crippen LogP contribution >= 0.6 is 0 Å². The van der Waals surface area contributed by atoms with Crippen molar-refractivity contribution in [1.82, 2.24) is 15.5 Å². The highest BCUT2D eigenvalue weighted by Crippen LogP contribution is 2.25. The maximum absolute atomic E-state index is 12.6. The molecule has 2 aromatic heterocycles. The quantitative estimate of drug-likeness (QED) is 0.623. The summed E-state index contributed by atoms with van der Waals surface area (Å²) < 4.78 is 5.24. The highest BCUT2D eigenvalue weighted by atomic mass is 16.5. The number of aliphatic carboxylic acids is 1. The van der Waals surface area contributed by atoms with Gasteiger partial charge in [0, 0.05) is 18.7 Å². The highest BCUT2D eigenvalue weighted by molar-refractivity contribution is 6.06. The molecule has 2 heterocycles. The number of rotatable bonds is 10. The average Bonchev–Trinajstić information content (AvgIpc) is 2.97. The zero-order chi connectivity index (χ0) is 19.1. The summed E-state index contributed by atoms with van der Waals surface area (Å²) in [7, 11) is 0. The van der Waals surface area contributed by atoms with Crippen LogP contribution in [0, 0.1) is 6.92 Å². The van der Waals surface area contributed by atoms with Gasteiger partial charge in [0.05, 0.1) is 16.6 Å². The summed E-state index contributed by atoms with van der Waals surface area (Å²) in [5, 5.41) is 16.1. The van der Waals surface area contributed by atoms with E-state index in [-0.39, 0.29) is 18.2 Å². The van der Waals surface area contributed by atoms with Gasteiger partial charge in [-0.05, 0) is 31.7 Å². The van der Waals surface area contributed by atoms with Gasteiger partial charge in [-0.2, -0.15) is 0 Å². The summed E-state index contributed by atoms with van der Waals surface area (Å²) >= 11 is 0. The number of amides is 1. The number of carboxylic acid groups (broad SMARTS) is 1. The number of aromatic nitrogens is 2. The molecule has 7 heteroatoms. The first kappa shape index (κ1) is 19.9. The van der Waals surface area contributed by atoms with Crippen molar-refractivity contribution in [3.63, 3.8) is 0 Å². The standard InChI is InChI=1S/C19H27N3O4/c1-12(2)15-11-14(17-13(3)22-26-19(17)21-15)18(25)20-10-8-6-4-5-7-9-16(23)24/h11-12H,4-10H2,1-3H3,(H,20,25)(H,23,24). The molecule has 0 aliphatic carbocycles. The molecule has 0 aromatic carbocycles. The van der Waals surface area contributed by atoms with E-state index in [1.165, 1.54) is 0 Å². The minimum Gasteiger partial charge on any atom is -0.481 e. The number of fused-ring (bicyclic) bond motifs is 1. The molecule has 0 spiro atoms. The predicted octanol–water partition coefficient (Wildman–Crippen LogP) is 3.81. The van der Waals surface area contributed by atoms with Crippen LogP contribution in [0.15, 0.2) is 10.6 Å². The minimum absolute atomic E-state index is 0.142. The number of nitrogens with one attached hydrogen (secondary N) is 1. The van der Waals surface area contributed by atoms with Crippen LogP contribution in [0.4, 0.5) is 0 Å². The Labute approximate surface area is 153 Å². The lowest BCUT2D eigenvalue weighted by Gasteiger charge is -2.09. The van der Waals surface area contributed by atoms with Crippen molar-refractivity contribution in [3.05, 3.63) is 23.0 Å². The molecule has 0 aliphatic heterocycles. The Kier molecular flexibility index (Phi) is 7.12. The van der Waals surface area contributed by atoms with Crippen LogP contribution in [-0.4, -0.2) is 33.7 Å². The van der Waals surface area contributed by atoms with Crippen molar-refractivity contribution in [3.8, 4) is 0 Å². The van der Waals surface area contributed by atoms with Crippen molar-refractivity contribution >= 4 is 23.0 Å². The number of unbranched alkanes of at least 4 members (excludes halogenated alkanes) is 4. The lowest BCUT2D eigenvalue weighted by Crippen LogP contribution is -2.25. The molecule has 0 unspecified atom stereocenters. The molecule has 7 nitrogen and oxygen atoms in total. The van der Waals surface area contributed by atoms with E-state index in [1.807, 2.05) is 19.9 Å². The fourth-order valence-corrected chi connectivity index (χ4v) is 2.82. The second kappa shape index (κ2) is 9.31. The Morgan fingerprint density at radius 1 is 1.19 bits per heavy atom. The molecule has 2 aromatic rings. The molecule has 2 rings (SSSR count). The van der Waals surface area contributed by atoms with Gasteiger partial charge in [0.15, 0.2) is 0 Å². The summed E-state index contributed by atoms with van der Waals surface area (Å²) in [6.07, 6.45) is 4.65. The number of carboxylic acids is 1. The Hall–Kier alpha value is -2.44. The summed E-state index contributed by atoms with van der Waals surface area (Å²) in [5.41, 5.74) is 2.42. The molecule has 0 fully saturated rings. The minimum atomic E-state index is -0.745. The number of aryl methyl sites for hydroxylation is 1. The molecular formula is C19H27N3O4. The predicted molar refractivity (Wildman–Crippen MR) is 98.3 cm³/mol. The van der Waals surface area contributed by atoms with Crippen LogP contribution in [0.1, 0.15) is 80.0 Å². The first-order chi connectivity index (χ1) is 12.4. The fourth-order valence-electron chi connectivity index (χ4n) is 2.82. The van der Waals surface area contributed by atoms with E-state index in [9.17, 15) is 9.59 Å². The van der Waals surface area contributed by atoms with Gasteiger partial charge in [0.1, 0.15) is 0 Å². The van der Waals surface area contributed by atoms with Crippen LogP contribution in [0.5, 0.6) is 0 Å². The molecule has 0 saturated heterocycles. The van der Waals surface area contributed by atoms with Crippen molar-refractivity contribution in [2.45, 2.75) is 65.2 Å². The van der Waals surface area contributed by atoms with Crippen molar-refractivity contribution in [1.29, 1.82) is 0 Å². The SMILES string of the molecule is Cc1noc2nc(C(C)C)cc(C(=O)NCCCCCCCC(=O)O)c12. The molecule has 1 amide bonds. The number of hydrogen-bond acceptors (Lipinski definition) is 5. The van der Waals surface area contributed by atoms with Crippen molar-refractivity contribution in [2.24, 2.45) is 0 Å². The first-order valence-electron chi connectivity index (χ1n) is 9.17. The lowest BCUT2D eigenvalue weighted by atomic mass is 10.0. The third-order valence-corrected chi connectivity index (χ3v) is 4.33. The Morgan fingerprint density at radius 2 is 1.88 bits per heavy atom. The van der Waals surface area contributed by atoms with Gasteiger partial charge in [-0.25, -0.2) is 4.98 Å². The van der Waals surface area contributed by atoms with E-state index in [0.29, 0.717) is 35.3 Å². The zero-order valence-electron chi connectivity index (χ0n) is 15.7. The second-order valence-electron chi connectivity index (χ2n) is 6.86. The number of carbonyl (C=O) groups is 2. The second-order valence-corrected chi connectivity index (χ2v) is 6.86. The molecule has 26 heavy (non-hydrogen) atoms. The van der Waals surface area contributed by atoms with Crippen LogP contribution in [0.2, 0.25) is 0 Å². The van der Waals surface area contributed by atoms with E-state index >= 15 is 0 Å². The molecular weight excluding hydrogens is 334 g/mol. The van der Waals surface area contributed by atoms with Crippen molar-refractivity contribution < 1.29 is 19.2 Å². The molecule has 2 N–H and O–H groups in total. The molecule has 0 atom stereocenters. The molecule has 142 valence electrons. The van der Waals surface area contributed by atoms with Gasteiger partial charge >= 0.3 is 5.97 Å². The zero-order valence-corrected chi connectivity index (χ0v) is 15.7. The number of hydrogen-bond donors (Lipinski definition) is 2. The normalized spacial score (nSPS) is 11.2. The Balaban J connectivity index is 1.89. The van der Waals surface area contributed by atoms with Crippen LogP contribution in [0.25, 0.3) is 11.1 Å². The summed E-state index contributed by atoms with van der Waals surface area (Å²) in [4.78, 5) is 27.5. The van der Waals surface area contributed by atoms with Crippen LogP contribution in [0.3, 0.4) is 0 Å². The molecule has 0 radical (unpaired) electrons. The third-order valence-electron chi connectivity index (χ3n) is 4.33. The van der Waals surface area contributed by atoms with Crippen LogP contribution < -0.4 is 5.32 Å². The van der Waals surface area contributed by atoms with E-state index < -0.39 is 5.97 Å². The van der Waals surface area contributed by atoms with Gasteiger partial charge in [0.25, 0.3) is 11.6 Å². The van der Waals surface area contributed by atoms with Gasteiger partial charge < -0.3 is 14.9 Å². The van der Waals surface area contributed by atoms with E-state index in [0.717, 1.165) is 31.4 Å². The summed E-state index contributed by atoms with van der Waals surface area (Å²) in [6.45, 7) is 6.42. The topological polar surface area (TPSA) is 105 Å². The van der Waals surface area contributed by atoms with E-state index in [2.05, 4.69) is 15.5 Å². The maximum Gasteiger partial charge on any atom is 0.303 e. The largest absolute Gasteiger partial charge is 0.481 e. The third kappa shape index (κ3) is 5.28. The lowest BCUT2D eigenvalue weighted by molar-refractivity contribution is -0.137. The molecule has 0 saturated carbocycles. The van der Waals surface area contributed by atoms with E-state index in [4.69, 9.17) is 9.63 Å². The maximum atomic E-state index is 12.6. The van der Waals surface area contributed by atoms with Gasteiger partial charge in [-0.1, -0.05) is 38.3 Å².